The molecule has 0 N–H and O–H groups in total. The van der Waals surface area contributed by atoms with Crippen LogP contribution in [0.1, 0.15) is 34.9 Å². The summed E-state index contributed by atoms with van der Waals surface area (Å²) in [5.41, 5.74) is 1.27. The molecule has 0 bridgehead atoms. The van der Waals surface area contributed by atoms with Gasteiger partial charge in [0.1, 0.15) is 5.82 Å². The van der Waals surface area contributed by atoms with Gasteiger partial charge in [0.2, 0.25) is 0 Å². The Hall–Kier alpha value is -2.08. The van der Waals surface area contributed by atoms with Crippen molar-refractivity contribution in [1.82, 2.24) is 19.4 Å². The summed E-state index contributed by atoms with van der Waals surface area (Å²) in [6.07, 6.45) is 6.95. The van der Waals surface area contributed by atoms with E-state index >= 15 is 0 Å². The summed E-state index contributed by atoms with van der Waals surface area (Å²) in [4.78, 5) is 21.4. The Morgan fingerprint density at radius 3 is 2.83 bits per heavy atom. The Labute approximate surface area is 135 Å². The molecule has 1 amide bonds. The van der Waals surface area contributed by atoms with Crippen LogP contribution in [-0.2, 0) is 19.5 Å². The number of aromatic nitrogens is 2. The SMILES string of the molecule is O=C(c1ccco1)N1CCc2ncc(CN3CCCC3)n2CC1. The quantitative estimate of drug-likeness (QED) is 0.866. The number of nitrogens with zero attached hydrogens (tertiary/aromatic N) is 4. The summed E-state index contributed by atoms with van der Waals surface area (Å²) >= 11 is 0. The summed E-state index contributed by atoms with van der Waals surface area (Å²) in [5, 5.41) is 0. The first-order valence-electron chi connectivity index (χ1n) is 8.40. The first kappa shape index (κ1) is 14.5. The number of rotatable bonds is 3. The predicted octanol–water partition coefficient (Wildman–Crippen LogP) is 1.77. The summed E-state index contributed by atoms with van der Waals surface area (Å²) in [6.45, 7) is 5.55. The van der Waals surface area contributed by atoms with E-state index in [0.717, 1.165) is 25.3 Å². The molecule has 0 radical (unpaired) electrons. The lowest BCUT2D eigenvalue weighted by Gasteiger charge is -2.19. The predicted molar refractivity (Wildman–Crippen MR) is 85.1 cm³/mol. The number of imidazole rings is 1. The highest BCUT2D eigenvalue weighted by molar-refractivity contribution is 5.91. The molecule has 0 saturated carbocycles. The number of amides is 1. The molecule has 0 aliphatic carbocycles. The maximum atomic E-state index is 12.4. The molecule has 1 fully saturated rings. The molecule has 4 heterocycles. The number of fused-ring (bicyclic) bond motifs is 1. The van der Waals surface area contributed by atoms with Gasteiger partial charge in [0.05, 0.1) is 12.0 Å². The number of carbonyl (C=O) groups is 1. The molecule has 1 saturated heterocycles. The van der Waals surface area contributed by atoms with Gasteiger partial charge in [-0.05, 0) is 38.1 Å². The number of hydrogen-bond acceptors (Lipinski definition) is 4. The van der Waals surface area contributed by atoms with Crippen molar-refractivity contribution < 1.29 is 9.21 Å². The smallest absolute Gasteiger partial charge is 0.289 e. The first-order valence-corrected chi connectivity index (χ1v) is 8.40. The van der Waals surface area contributed by atoms with Crippen LogP contribution < -0.4 is 0 Å². The maximum Gasteiger partial charge on any atom is 0.289 e. The van der Waals surface area contributed by atoms with E-state index in [2.05, 4.69) is 14.5 Å². The second-order valence-electron chi connectivity index (χ2n) is 6.32. The molecule has 0 atom stereocenters. The lowest BCUT2D eigenvalue weighted by Crippen LogP contribution is -2.33. The highest BCUT2D eigenvalue weighted by Crippen LogP contribution is 2.17. The van der Waals surface area contributed by atoms with Gasteiger partial charge in [-0.25, -0.2) is 4.98 Å². The average Bonchev–Trinajstić information content (AvgIpc) is 3.29. The molecule has 2 aromatic heterocycles. The minimum absolute atomic E-state index is 0.0261. The third-order valence-corrected chi connectivity index (χ3v) is 4.82. The van der Waals surface area contributed by atoms with Gasteiger partial charge in [-0.15, -0.1) is 0 Å². The number of carbonyl (C=O) groups excluding carboxylic acids is 1. The van der Waals surface area contributed by atoms with Crippen molar-refractivity contribution in [3.8, 4) is 0 Å². The molecule has 4 rings (SSSR count). The van der Waals surface area contributed by atoms with Crippen molar-refractivity contribution in [2.24, 2.45) is 0 Å². The van der Waals surface area contributed by atoms with Gasteiger partial charge in [0.15, 0.2) is 5.76 Å². The molecule has 0 spiro atoms. The zero-order chi connectivity index (χ0) is 15.6. The number of hydrogen-bond donors (Lipinski definition) is 0. The fourth-order valence-corrected chi connectivity index (χ4v) is 3.55. The van der Waals surface area contributed by atoms with E-state index in [-0.39, 0.29) is 5.91 Å². The van der Waals surface area contributed by atoms with Gasteiger partial charge in [0, 0.05) is 38.8 Å². The summed E-state index contributed by atoms with van der Waals surface area (Å²) < 4.78 is 7.54. The maximum absolute atomic E-state index is 12.4. The van der Waals surface area contributed by atoms with Gasteiger partial charge in [-0.2, -0.15) is 0 Å². The molecule has 2 aliphatic rings. The van der Waals surface area contributed by atoms with E-state index in [1.807, 2.05) is 11.1 Å². The van der Waals surface area contributed by atoms with Crippen molar-refractivity contribution in [3.05, 3.63) is 41.9 Å². The monoisotopic (exact) mass is 314 g/mol. The molecule has 23 heavy (non-hydrogen) atoms. The van der Waals surface area contributed by atoms with Gasteiger partial charge < -0.3 is 13.9 Å². The van der Waals surface area contributed by atoms with E-state index in [4.69, 9.17) is 4.42 Å². The normalized spacial score (nSPS) is 18.9. The molecule has 2 aliphatic heterocycles. The topological polar surface area (TPSA) is 54.5 Å². The van der Waals surface area contributed by atoms with Gasteiger partial charge in [-0.1, -0.05) is 0 Å². The van der Waals surface area contributed by atoms with E-state index < -0.39 is 0 Å². The number of furan rings is 1. The molecule has 0 aromatic carbocycles. The third kappa shape index (κ3) is 2.91. The second-order valence-corrected chi connectivity index (χ2v) is 6.32. The van der Waals surface area contributed by atoms with Crippen LogP contribution >= 0.6 is 0 Å². The van der Waals surface area contributed by atoms with Crippen LogP contribution in [0.5, 0.6) is 0 Å². The molecule has 2 aromatic rings. The molecule has 6 nitrogen and oxygen atoms in total. The Morgan fingerprint density at radius 2 is 2.04 bits per heavy atom. The van der Waals surface area contributed by atoms with Crippen LogP contribution in [0.3, 0.4) is 0 Å². The lowest BCUT2D eigenvalue weighted by atomic mass is 10.3. The zero-order valence-electron chi connectivity index (χ0n) is 13.3. The van der Waals surface area contributed by atoms with E-state index in [1.54, 1.807) is 18.4 Å². The molecular formula is C17H22N4O2. The van der Waals surface area contributed by atoms with Gasteiger partial charge >= 0.3 is 0 Å². The second kappa shape index (κ2) is 6.20. The van der Waals surface area contributed by atoms with Gasteiger partial charge in [0.25, 0.3) is 5.91 Å². The third-order valence-electron chi connectivity index (χ3n) is 4.82. The Balaban J connectivity index is 1.46. The van der Waals surface area contributed by atoms with Crippen molar-refractivity contribution in [2.45, 2.75) is 32.4 Å². The van der Waals surface area contributed by atoms with Crippen LogP contribution in [0.4, 0.5) is 0 Å². The average molecular weight is 314 g/mol. The fourth-order valence-electron chi connectivity index (χ4n) is 3.55. The Morgan fingerprint density at radius 1 is 1.17 bits per heavy atom. The Kier molecular flexibility index (Phi) is 3.91. The van der Waals surface area contributed by atoms with Crippen molar-refractivity contribution in [1.29, 1.82) is 0 Å². The van der Waals surface area contributed by atoms with Crippen molar-refractivity contribution in [3.63, 3.8) is 0 Å². The van der Waals surface area contributed by atoms with E-state index in [1.165, 1.54) is 31.6 Å². The lowest BCUT2D eigenvalue weighted by molar-refractivity contribution is 0.0726. The fraction of sp³-hybridized carbons (Fsp3) is 0.529. The van der Waals surface area contributed by atoms with Crippen molar-refractivity contribution in [2.75, 3.05) is 26.2 Å². The molecule has 0 unspecified atom stereocenters. The highest BCUT2D eigenvalue weighted by Gasteiger charge is 2.24. The molecule has 122 valence electrons. The standard InChI is InChI=1S/C17H22N4O2/c22-17(15-4-3-11-23-15)20-8-5-16-18-12-14(21(16)10-9-20)13-19-6-1-2-7-19/h3-4,11-12H,1-2,5-10,13H2. The first-order chi connectivity index (χ1) is 11.3. The largest absolute Gasteiger partial charge is 0.459 e. The summed E-state index contributed by atoms with van der Waals surface area (Å²) in [6, 6.07) is 3.48. The minimum atomic E-state index is -0.0261. The zero-order valence-corrected chi connectivity index (χ0v) is 13.3. The highest BCUT2D eigenvalue weighted by atomic mass is 16.3. The molecular weight excluding hydrogens is 292 g/mol. The van der Waals surface area contributed by atoms with Crippen LogP contribution in [0.2, 0.25) is 0 Å². The van der Waals surface area contributed by atoms with E-state index in [0.29, 0.717) is 18.8 Å². The summed E-state index contributed by atoms with van der Waals surface area (Å²) in [7, 11) is 0. The van der Waals surface area contributed by atoms with Gasteiger partial charge in [-0.3, -0.25) is 9.69 Å². The van der Waals surface area contributed by atoms with Crippen LogP contribution in [0, 0.1) is 0 Å². The summed E-state index contributed by atoms with van der Waals surface area (Å²) in [5.74, 6) is 1.48. The van der Waals surface area contributed by atoms with E-state index in [9.17, 15) is 4.79 Å². The molecule has 6 heteroatoms. The van der Waals surface area contributed by atoms with Crippen LogP contribution in [0.25, 0.3) is 0 Å². The number of likely N-dealkylation sites (tertiary alicyclic amines) is 1. The Bertz CT molecular complexity index is 671. The van der Waals surface area contributed by atoms with Crippen LogP contribution in [0.15, 0.2) is 29.0 Å². The van der Waals surface area contributed by atoms with Crippen LogP contribution in [-0.4, -0.2) is 51.4 Å². The minimum Gasteiger partial charge on any atom is -0.459 e. The van der Waals surface area contributed by atoms with Crippen molar-refractivity contribution >= 4 is 5.91 Å².